The molecule has 2 aromatic carbocycles. The largest absolute Gasteiger partial charge is 0.321 e. The van der Waals surface area contributed by atoms with Gasteiger partial charge in [0.15, 0.2) is 0 Å². The molecule has 0 spiro atoms. The number of nitrogens with one attached hydrogen (secondary N) is 1. The summed E-state index contributed by atoms with van der Waals surface area (Å²) in [5.74, 6) is -3.68. The smallest absolute Gasteiger partial charge is 0.288 e. The molecule has 0 radical (unpaired) electrons. The zero-order valence-corrected chi connectivity index (χ0v) is 15.4. The highest BCUT2D eigenvalue weighted by Crippen LogP contribution is 2.27. The van der Waals surface area contributed by atoms with Crippen LogP contribution in [-0.2, 0) is 16.1 Å². The van der Waals surface area contributed by atoms with Crippen LogP contribution >= 0.6 is 11.8 Å². The third-order valence-electron chi connectivity index (χ3n) is 3.93. The van der Waals surface area contributed by atoms with Crippen LogP contribution in [0.5, 0.6) is 0 Å². The first-order chi connectivity index (χ1) is 13.4. The zero-order chi connectivity index (χ0) is 20.1. The molecule has 0 fully saturated rings. The molecule has 0 unspecified atom stereocenters. The third kappa shape index (κ3) is 5.35. The fourth-order valence-corrected chi connectivity index (χ4v) is 3.16. The molecule has 5 nitrogen and oxygen atoms in total. The molecule has 1 aliphatic rings. The summed E-state index contributed by atoms with van der Waals surface area (Å²) >= 11 is 0.384. The van der Waals surface area contributed by atoms with E-state index >= 15 is 0 Å². The number of halogens is 3. The number of rotatable bonds is 6. The number of carbonyl (C=O) groups excluding carboxylic acids is 2. The number of benzene rings is 2. The van der Waals surface area contributed by atoms with Gasteiger partial charge in [-0.1, -0.05) is 30.0 Å². The molecule has 0 atom stereocenters. The number of carbonyl (C=O) groups is 2. The summed E-state index contributed by atoms with van der Waals surface area (Å²) in [6.45, 7) is 0.121. The second-order valence-corrected chi connectivity index (χ2v) is 7.05. The Morgan fingerprint density at radius 2 is 1.93 bits per heavy atom. The Kier molecular flexibility index (Phi) is 6.35. The van der Waals surface area contributed by atoms with Gasteiger partial charge in [-0.25, -0.2) is 9.40 Å². The minimum Gasteiger partial charge on any atom is -0.321 e. The van der Waals surface area contributed by atoms with Crippen molar-refractivity contribution in [2.75, 3.05) is 5.32 Å². The minimum atomic E-state index is -2.56. The molecule has 2 amide bonds. The lowest BCUT2D eigenvalue weighted by Crippen LogP contribution is -2.36. The fourth-order valence-electron chi connectivity index (χ4n) is 2.60. The second-order valence-electron chi connectivity index (χ2n) is 5.99. The van der Waals surface area contributed by atoms with Crippen molar-refractivity contribution in [3.05, 3.63) is 59.9 Å². The summed E-state index contributed by atoms with van der Waals surface area (Å²) in [7, 11) is 0. The highest BCUT2D eigenvalue weighted by atomic mass is 32.2. The van der Waals surface area contributed by atoms with Crippen molar-refractivity contribution < 1.29 is 22.8 Å². The van der Waals surface area contributed by atoms with E-state index in [1.54, 1.807) is 24.3 Å². The molecule has 1 N–H and O–H groups in total. The number of hydrazone groups is 1. The molecule has 2 aromatic rings. The first kappa shape index (κ1) is 19.9. The predicted octanol–water partition coefficient (Wildman–Crippen LogP) is 4.26. The van der Waals surface area contributed by atoms with Crippen molar-refractivity contribution in [2.45, 2.75) is 30.0 Å². The first-order valence-corrected chi connectivity index (χ1v) is 9.27. The number of amides is 2. The molecule has 1 heterocycles. The van der Waals surface area contributed by atoms with Crippen LogP contribution in [0.4, 0.5) is 18.9 Å². The van der Waals surface area contributed by atoms with Gasteiger partial charge in [-0.2, -0.15) is 13.9 Å². The Morgan fingerprint density at radius 1 is 1.18 bits per heavy atom. The number of nitrogens with zero attached hydrogens (tertiary/aromatic N) is 2. The molecule has 1 aliphatic heterocycles. The van der Waals surface area contributed by atoms with Crippen molar-refractivity contribution in [3.63, 3.8) is 0 Å². The van der Waals surface area contributed by atoms with Crippen LogP contribution < -0.4 is 5.32 Å². The summed E-state index contributed by atoms with van der Waals surface area (Å²) in [4.78, 5) is 24.9. The summed E-state index contributed by atoms with van der Waals surface area (Å²) in [6, 6.07) is 11.8. The normalized spacial score (nSPS) is 14.2. The number of alkyl halides is 2. The van der Waals surface area contributed by atoms with Gasteiger partial charge in [0.25, 0.3) is 11.7 Å². The predicted molar refractivity (Wildman–Crippen MR) is 101 cm³/mol. The number of hydrogen-bond acceptors (Lipinski definition) is 4. The van der Waals surface area contributed by atoms with E-state index in [2.05, 4.69) is 10.4 Å². The van der Waals surface area contributed by atoms with Crippen LogP contribution in [0, 0.1) is 5.82 Å². The zero-order valence-electron chi connectivity index (χ0n) is 14.6. The molecule has 146 valence electrons. The molecule has 0 saturated carbocycles. The summed E-state index contributed by atoms with van der Waals surface area (Å²) in [5, 5.41) is 7.91. The van der Waals surface area contributed by atoms with Crippen LogP contribution in [0.25, 0.3) is 0 Å². The molecule has 9 heteroatoms. The Bertz CT molecular complexity index is 904. The van der Waals surface area contributed by atoms with Gasteiger partial charge in [0.2, 0.25) is 5.91 Å². The van der Waals surface area contributed by atoms with Gasteiger partial charge in [0.05, 0.1) is 6.54 Å². The van der Waals surface area contributed by atoms with Gasteiger partial charge in [0.1, 0.15) is 11.5 Å². The average molecular weight is 407 g/mol. The van der Waals surface area contributed by atoms with E-state index in [9.17, 15) is 22.8 Å². The van der Waals surface area contributed by atoms with Crippen LogP contribution in [0.3, 0.4) is 0 Å². The van der Waals surface area contributed by atoms with Crippen molar-refractivity contribution in [3.8, 4) is 0 Å². The van der Waals surface area contributed by atoms with Gasteiger partial charge >= 0.3 is 0 Å². The summed E-state index contributed by atoms with van der Waals surface area (Å²) in [5.41, 5.74) is 1.20. The number of anilines is 1. The van der Waals surface area contributed by atoms with E-state index in [1.807, 2.05) is 0 Å². The Labute approximate surface area is 163 Å². The monoisotopic (exact) mass is 407 g/mol. The molecular weight excluding hydrogens is 391 g/mol. The van der Waals surface area contributed by atoms with Gasteiger partial charge < -0.3 is 5.32 Å². The number of thioether (sulfide) groups is 1. The van der Waals surface area contributed by atoms with Crippen molar-refractivity contribution in [2.24, 2.45) is 5.10 Å². The van der Waals surface area contributed by atoms with E-state index < -0.39 is 11.7 Å². The lowest BCUT2D eigenvalue weighted by Gasteiger charge is -2.23. The van der Waals surface area contributed by atoms with Crippen LogP contribution in [0.1, 0.15) is 18.4 Å². The topological polar surface area (TPSA) is 61.8 Å². The van der Waals surface area contributed by atoms with Crippen molar-refractivity contribution >= 4 is 35.0 Å². The average Bonchev–Trinajstić information content (AvgIpc) is 2.65. The first-order valence-electron chi connectivity index (χ1n) is 8.39. The van der Waals surface area contributed by atoms with E-state index in [0.717, 1.165) is 0 Å². The van der Waals surface area contributed by atoms with Gasteiger partial charge in [-0.05, 0) is 35.9 Å². The van der Waals surface area contributed by atoms with E-state index in [-0.39, 0.29) is 36.8 Å². The summed E-state index contributed by atoms with van der Waals surface area (Å²) in [6.07, 6.45) is 0.296. The van der Waals surface area contributed by atoms with E-state index in [1.165, 1.54) is 29.3 Å². The fraction of sp³-hybridized carbons (Fsp3) is 0.211. The van der Waals surface area contributed by atoms with Crippen LogP contribution in [-0.4, -0.2) is 28.3 Å². The standard InChI is InChI=1S/C19H16F3N3O2S/c20-13-6-4-12(5-7-13)11-25-17(26)9-8-16(24-25)18(27)23-14-2-1-3-15(10-14)28-19(21)22/h1-7,10,19H,8-9,11H2,(H,23,27). The molecular formula is C19H16F3N3O2S. The molecule has 3 rings (SSSR count). The highest BCUT2D eigenvalue weighted by Gasteiger charge is 2.24. The number of hydrogen-bond donors (Lipinski definition) is 1. The quantitative estimate of drug-likeness (QED) is 0.728. The second kappa shape index (κ2) is 8.92. The van der Waals surface area contributed by atoms with Crippen LogP contribution in [0.15, 0.2) is 58.5 Å². The Morgan fingerprint density at radius 3 is 2.64 bits per heavy atom. The lowest BCUT2D eigenvalue weighted by molar-refractivity contribution is -0.132. The van der Waals surface area contributed by atoms with Crippen LogP contribution in [0.2, 0.25) is 0 Å². The molecule has 28 heavy (non-hydrogen) atoms. The third-order valence-corrected chi connectivity index (χ3v) is 4.63. The molecule has 0 bridgehead atoms. The van der Waals surface area contributed by atoms with Gasteiger partial charge in [-0.15, -0.1) is 0 Å². The maximum atomic E-state index is 13.0. The maximum absolute atomic E-state index is 13.0. The Balaban J connectivity index is 1.70. The molecule has 0 aromatic heterocycles. The van der Waals surface area contributed by atoms with Crippen molar-refractivity contribution in [1.82, 2.24) is 5.01 Å². The van der Waals surface area contributed by atoms with Gasteiger partial charge in [-0.3, -0.25) is 9.59 Å². The van der Waals surface area contributed by atoms with E-state index in [4.69, 9.17) is 0 Å². The SMILES string of the molecule is O=C(Nc1cccc(SC(F)F)c1)C1=NN(Cc2ccc(F)cc2)C(=O)CC1. The van der Waals surface area contributed by atoms with E-state index in [0.29, 0.717) is 27.9 Å². The van der Waals surface area contributed by atoms with Gasteiger partial charge in [0, 0.05) is 23.4 Å². The molecule has 0 aliphatic carbocycles. The highest BCUT2D eigenvalue weighted by molar-refractivity contribution is 7.99. The summed E-state index contributed by atoms with van der Waals surface area (Å²) < 4.78 is 38.0. The minimum absolute atomic E-state index is 0.120. The molecule has 0 saturated heterocycles. The Hall–Kier alpha value is -2.81. The lowest BCUT2D eigenvalue weighted by atomic mass is 10.1. The maximum Gasteiger partial charge on any atom is 0.288 e. The van der Waals surface area contributed by atoms with Crippen molar-refractivity contribution in [1.29, 1.82) is 0 Å².